The van der Waals surface area contributed by atoms with Crippen molar-refractivity contribution in [3.63, 3.8) is 0 Å². The van der Waals surface area contributed by atoms with Crippen molar-refractivity contribution in [3.05, 3.63) is 23.8 Å². The van der Waals surface area contributed by atoms with Gasteiger partial charge in [0.1, 0.15) is 17.1 Å². The summed E-state index contributed by atoms with van der Waals surface area (Å²) in [6.45, 7) is -3.06. The maximum Gasteiger partial charge on any atom is 0.387 e. The normalized spacial score (nSPS) is 10.1. The fraction of sp³-hybridized carbons (Fsp3) is 0.222. The summed E-state index contributed by atoms with van der Waals surface area (Å²) in [4.78, 5) is 10.7. The number of alkyl halides is 2. The molecule has 0 atom stereocenters. The predicted molar refractivity (Wildman–Crippen MR) is 46.6 cm³/mol. The first kappa shape index (κ1) is 11.2. The number of halogens is 2. The fourth-order valence-electron chi connectivity index (χ4n) is 1.00. The molecular weight excluding hydrogens is 210 g/mol. The standard InChI is InChI=1S/C9H8F2O4/c1-14-5-2-3-7(15-9(10)11)6(4-5)8(12)13/h2-4,9H,1H3,(H,12,13). The van der Waals surface area contributed by atoms with Crippen LogP contribution in [-0.2, 0) is 0 Å². The highest BCUT2D eigenvalue weighted by atomic mass is 19.3. The van der Waals surface area contributed by atoms with Gasteiger partial charge in [-0.2, -0.15) is 8.78 Å². The van der Waals surface area contributed by atoms with Crippen LogP contribution < -0.4 is 9.47 Å². The van der Waals surface area contributed by atoms with Gasteiger partial charge in [-0.05, 0) is 18.2 Å². The second kappa shape index (κ2) is 4.59. The first-order valence-electron chi connectivity index (χ1n) is 3.90. The number of hydrogen-bond acceptors (Lipinski definition) is 3. The van der Waals surface area contributed by atoms with E-state index < -0.39 is 18.3 Å². The molecule has 0 amide bonds. The molecule has 1 rings (SSSR count). The molecule has 82 valence electrons. The van der Waals surface area contributed by atoms with Gasteiger partial charge in [0.05, 0.1) is 7.11 Å². The highest BCUT2D eigenvalue weighted by molar-refractivity contribution is 5.91. The van der Waals surface area contributed by atoms with Gasteiger partial charge < -0.3 is 14.6 Å². The number of methoxy groups -OCH3 is 1. The Kier molecular flexibility index (Phi) is 3.43. The van der Waals surface area contributed by atoms with E-state index >= 15 is 0 Å². The Labute approximate surface area is 84.0 Å². The molecule has 0 radical (unpaired) electrons. The van der Waals surface area contributed by atoms with Crippen LogP contribution in [0.3, 0.4) is 0 Å². The molecule has 0 saturated heterocycles. The minimum atomic E-state index is -3.06. The van der Waals surface area contributed by atoms with E-state index in [0.29, 0.717) is 0 Å². The topological polar surface area (TPSA) is 55.8 Å². The van der Waals surface area contributed by atoms with E-state index in [4.69, 9.17) is 9.84 Å². The Morgan fingerprint density at radius 1 is 1.47 bits per heavy atom. The average Bonchev–Trinajstić information content (AvgIpc) is 2.17. The lowest BCUT2D eigenvalue weighted by molar-refractivity contribution is -0.0503. The van der Waals surface area contributed by atoms with Crippen LogP contribution in [-0.4, -0.2) is 24.8 Å². The maximum atomic E-state index is 11.9. The molecule has 4 nitrogen and oxygen atoms in total. The number of carboxylic acids is 1. The van der Waals surface area contributed by atoms with Gasteiger partial charge in [-0.15, -0.1) is 0 Å². The first-order valence-corrected chi connectivity index (χ1v) is 3.90. The van der Waals surface area contributed by atoms with E-state index in [2.05, 4.69) is 4.74 Å². The number of ether oxygens (including phenoxy) is 2. The minimum absolute atomic E-state index is 0.258. The largest absolute Gasteiger partial charge is 0.497 e. The average molecular weight is 218 g/mol. The molecule has 0 spiro atoms. The molecule has 0 saturated carbocycles. The van der Waals surface area contributed by atoms with Crippen molar-refractivity contribution in [2.75, 3.05) is 7.11 Å². The minimum Gasteiger partial charge on any atom is -0.497 e. The Hall–Kier alpha value is -1.85. The van der Waals surface area contributed by atoms with Crippen molar-refractivity contribution in [2.45, 2.75) is 6.61 Å². The van der Waals surface area contributed by atoms with Crippen molar-refractivity contribution < 1.29 is 28.2 Å². The predicted octanol–water partition coefficient (Wildman–Crippen LogP) is 1.99. The van der Waals surface area contributed by atoms with Crippen LogP contribution in [0.15, 0.2) is 18.2 Å². The lowest BCUT2D eigenvalue weighted by Crippen LogP contribution is -2.07. The van der Waals surface area contributed by atoms with Gasteiger partial charge in [-0.25, -0.2) is 4.79 Å². The third-order valence-corrected chi connectivity index (χ3v) is 1.63. The van der Waals surface area contributed by atoms with Crippen molar-refractivity contribution in [1.82, 2.24) is 0 Å². The summed E-state index contributed by atoms with van der Waals surface area (Å²) in [5.41, 5.74) is -0.366. The zero-order valence-electron chi connectivity index (χ0n) is 7.74. The second-order valence-corrected chi connectivity index (χ2v) is 2.55. The van der Waals surface area contributed by atoms with Crippen LogP contribution in [0.5, 0.6) is 11.5 Å². The second-order valence-electron chi connectivity index (χ2n) is 2.55. The van der Waals surface area contributed by atoms with Crippen LogP contribution in [0, 0.1) is 0 Å². The van der Waals surface area contributed by atoms with Gasteiger partial charge in [-0.1, -0.05) is 0 Å². The summed E-state index contributed by atoms with van der Waals surface area (Å²) in [5, 5.41) is 8.72. The molecule has 0 aliphatic heterocycles. The van der Waals surface area contributed by atoms with E-state index in [1.165, 1.54) is 13.2 Å². The van der Waals surface area contributed by atoms with E-state index in [9.17, 15) is 13.6 Å². The van der Waals surface area contributed by atoms with Gasteiger partial charge in [0.2, 0.25) is 0 Å². The molecule has 0 unspecified atom stereocenters. The van der Waals surface area contributed by atoms with E-state index in [1.54, 1.807) is 0 Å². The summed E-state index contributed by atoms with van der Waals surface area (Å²) in [6.07, 6.45) is 0. The van der Waals surface area contributed by atoms with Crippen LogP contribution in [0.25, 0.3) is 0 Å². The molecule has 1 aromatic rings. The summed E-state index contributed by atoms with van der Waals surface area (Å²) >= 11 is 0. The fourth-order valence-corrected chi connectivity index (χ4v) is 1.00. The number of hydrogen-bond donors (Lipinski definition) is 1. The molecule has 0 bridgehead atoms. The Morgan fingerprint density at radius 2 is 2.13 bits per heavy atom. The van der Waals surface area contributed by atoms with Gasteiger partial charge >= 0.3 is 12.6 Å². The van der Waals surface area contributed by atoms with Gasteiger partial charge in [0.25, 0.3) is 0 Å². The quantitative estimate of drug-likeness (QED) is 0.839. The smallest absolute Gasteiger partial charge is 0.387 e. The molecule has 15 heavy (non-hydrogen) atoms. The number of carboxylic acid groups (broad SMARTS) is 1. The Bertz CT molecular complexity index is 365. The molecule has 0 fully saturated rings. The summed E-state index contributed by atoms with van der Waals surface area (Å²) in [7, 11) is 1.34. The molecular formula is C9H8F2O4. The molecule has 0 aromatic heterocycles. The zero-order valence-corrected chi connectivity index (χ0v) is 7.74. The Morgan fingerprint density at radius 3 is 2.60 bits per heavy atom. The molecule has 0 aliphatic carbocycles. The van der Waals surface area contributed by atoms with Crippen LogP contribution in [0.4, 0.5) is 8.78 Å². The van der Waals surface area contributed by atoms with E-state index in [0.717, 1.165) is 12.1 Å². The first-order chi connectivity index (χ1) is 7.04. The number of rotatable bonds is 4. The van der Waals surface area contributed by atoms with Crippen molar-refractivity contribution in [2.24, 2.45) is 0 Å². The highest BCUT2D eigenvalue weighted by Gasteiger charge is 2.15. The molecule has 1 aromatic carbocycles. The van der Waals surface area contributed by atoms with Gasteiger partial charge in [0.15, 0.2) is 0 Å². The van der Waals surface area contributed by atoms with Crippen molar-refractivity contribution >= 4 is 5.97 Å². The van der Waals surface area contributed by atoms with E-state index in [1.807, 2.05) is 0 Å². The molecule has 1 N–H and O–H groups in total. The van der Waals surface area contributed by atoms with Gasteiger partial charge in [-0.3, -0.25) is 0 Å². The van der Waals surface area contributed by atoms with E-state index in [-0.39, 0.29) is 11.3 Å². The molecule has 0 heterocycles. The highest BCUT2D eigenvalue weighted by Crippen LogP contribution is 2.25. The zero-order chi connectivity index (χ0) is 11.4. The van der Waals surface area contributed by atoms with Crippen molar-refractivity contribution in [1.29, 1.82) is 0 Å². The third-order valence-electron chi connectivity index (χ3n) is 1.63. The summed E-state index contributed by atoms with van der Waals surface area (Å²) in [6, 6.07) is 3.57. The summed E-state index contributed by atoms with van der Waals surface area (Å²) in [5.74, 6) is -1.49. The number of carbonyl (C=O) groups is 1. The SMILES string of the molecule is COc1ccc(OC(F)F)c(C(=O)O)c1. The van der Waals surface area contributed by atoms with Crippen LogP contribution >= 0.6 is 0 Å². The number of aromatic carboxylic acids is 1. The monoisotopic (exact) mass is 218 g/mol. The van der Waals surface area contributed by atoms with Crippen LogP contribution in [0.1, 0.15) is 10.4 Å². The van der Waals surface area contributed by atoms with Gasteiger partial charge in [0, 0.05) is 0 Å². The lowest BCUT2D eigenvalue weighted by atomic mass is 10.2. The maximum absolute atomic E-state index is 11.9. The molecule has 0 aliphatic rings. The van der Waals surface area contributed by atoms with Crippen molar-refractivity contribution in [3.8, 4) is 11.5 Å². The lowest BCUT2D eigenvalue weighted by Gasteiger charge is -2.08. The Balaban J connectivity index is 3.09. The third kappa shape index (κ3) is 2.80. The summed E-state index contributed by atoms with van der Waals surface area (Å²) < 4.78 is 32.6. The molecule has 6 heteroatoms. The van der Waals surface area contributed by atoms with Crippen LogP contribution in [0.2, 0.25) is 0 Å². The number of benzene rings is 1.